The van der Waals surface area contributed by atoms with E-state index in [-0.39, 0.29) is 17.6 Å². The summed E-state index contributed by atoms with van der Waals surface area (Å²) >= 11 is 0. The van der Waals surface area contributed by atoms with E-state index in [9.17, 15) is 14.0 Å². The van der Waals surface area contributed by atoms with Crippen LogP contribution in [0.25, 0.3) is 0 Å². The van der Waals surface area contributed by atoms with E-state index < -0.39 is 11.8 Å². The van der Waals surface area contributed by atoms with Gasteiger partial charge in [-0.2, -0.15) is 0 Å². The smallest absolute Gasteiger partial charge is 0.319 e. The highest BCUT2D eigenvalue weighted by atomic mass is 19.1. The van der Waals surface area contributed by atoms with Crippen molar-refractivity contribution < 1.29 is 14.0 Å². The molecule has 1 aliphatic rings. The van der Waals surface area contributed by atoms with Gasteiger partial charge in [0, 0.05) is 43.6 Å². The van der Waals surface area contributed by atoms with E-state index >= 15 is 0 Å². The molecule has 0 bridgehead atoms. The van der Waals surface area contributed by atoms with Crippen LogP contribution in [0.15, 0.2) is 36.7 Å². The lowest BCUT2D eigenvalue weighted by atomic mass is 10.1. The summed E-state index contributed by atoms with van der Waals surface area (Å²) in [5.41, 5.74) is 0.430. The van der Waals surface area contributed by atoms with Gasteiger partial charge in [0.05, 0.1) is 5.69 Å². The SMILES string of the molecule is CCC(=O)Nc1ccc(F)c(NC(=O)N[C@H]2CCCN(c3ncccn3)C2)c1. The summed E-state index contributed by atoms with van der Waals surface area (Å²) in [5, 5.41) is 8.02. The molecule has 1 fully saturated rings. The molecule has 0 spiro atoms. The lowest BCUT2D eigenvalue weighted by molar-refractivity contribution is -0.115. The molecule has 1 aromatic carbocycles. The number of carbonyl (C=O) groups is 2. The minimum Gasteiger partial charge on any atom is -0.339 e. The van der Waals surface area contributed by atoms with E-state index in [2.05, 4.69) is 25.9 Å². The van der Waals surface area contributed by atoms with Crippen molar-refractivity contribution in [3.63, 3.8) is 0 Å². The molecule has 0 aliphatic carbocycles. The van der Waals surface area contributed by atoms with E-state index in [0.717, 1.165) is 19.4 Å². The predicted octanol–water partition coefficient (Wildman–Crippen LogP) is 2.75. The van der Waals surface area contributed by atoms with Crippen molar-refractivity contribution in [3.05, 3.63) is 42.5 Å². The molecule has 3 rings (SSSR count). The molecule has 3 amide bonds. The van der Waals surface area contributed by atoms with E-state index in [0.29, 0.717) is 24.6 Å². The fourth-order valence-electron chi connectivity index (χ4n) is 3.02. The standard InChI is InChI=1S/C19H23FN6O2/c1-2-17(27)23-13-6-7-15(20)16(11-13)25-19(28)24-14-5-3-10-26(12-14)18-21-8-4-9-22-18/h4,6-9,11,14H,2-3,5,10,12H2,1H3,(H,23,27)(H2,24,25,28)/t14-/m0/s1. The summed E-state index contributed by atoms with van der Waals surface area (Å²) in [4.78, 5) is 34.3. The zero-order chi connectivity index (χ0) is 19.9. The molecule has 1 aliphatic heterocycles. The molecule has 2 heterocycles. The van der Waals surface area contributed by atoms with Gasteiger partial charge in [0.2, 0.25) is 11.9 Å². The first-order chi connectivity index (χ1) is 13.5. The number of rotatable bonds is 5. The summed E-state index contributed by atoms with van der Waals surface area (Å²) < 4.78 is 14.0. The second kappa shape index (κ2) is 9.12. The van der Waals surface area contributed by atoms with Gasteiger partial charge in [-0.3, -0.25) is 4.79 Å². The Bertz CT molecular complexity index is 832. The van der Waals surface area contributed by atoms with Crippen LogP contribution in [0.1, 0.15) is 26.2 Å². The molecule has 28 heavy (non-hydrogen) atoms. The number of nitrogens with zero attached hydrogens (tertiary/aromatic N) is 3. The van der Waals surface area contributed by atoms with Crippen molar-refractivity contribution in [3.8, 4) is 0 Å². The van der Waals surface area contributed by atoms with Crippen molar-refractivity contribution >= 4 is 29.3 Å². The number of anilines is 3. The molecular weight excluding hydrogens is 363 g/mol. The highest BCUT2D eigenvalue weighted by Gasteiger charge is 2.23. The molecule has 0 unspecified atom stereocenters. The average molecular weight is 386 g/mol. The van der Waals surface area contributed by atoms with Gasteiger partial charge < -0.3 is 20.9 Å². The zero-order valence-electron chi connectivity index (χ0n) is 15.6. The number of urea groups is 1. The molecule has 0 saturated carbocycles. The molecule has 3 N–H and O–H groups in total. The first kappa shape index (κ1) is 19.5. The molecule has 0 radical (unpaired) electrons. The van der Waals surface area contributed by atoms with Gasteiger partial charge >= 0.3 is 6.03 Å². The number of hydrogen-bond donors (Lipinski definition) is 3. The predicted molar refractivity (Wildman–Crippen MR) is 105 cm³/mol. The number of aromatic nitrogens is 2. The maximum Gasteiger partial charge on any atom is 0.319 e. The summed E-state index contributed by atoms with van der Waals surface area (Å²) in [6, 6.07) is 5.19. The van der Waals surface area contributed by atoms with Gasteiger partial charge in [0.1, 0.15) is 5.82 Å². The first-order valence-electron chi connectivity index (χ1n) is 9.24. The van der Waals surface area contributed by atoms with Crippen molar-refractivity contribution in [2.45, 2.75) is 32.2 Å². The number of nitrogens with one attached hydrogen (secondary N) is 3. The van der Waals surface area contributed by atoms with E-state index in [1.54, 1.807) is 25.4 Å². The third-order valence-corrected chi connectivity index (χ3v) is 4.41. The fourth-order valence-corrected chi connectivity index (χ4v) is 3.02. The van der Waals surface area contributed by atoms with Gasteiger partial charge in [-0.15, -0.1) is 0 Å². The number of halogens is 1. The van der Waals surface area contributed by atoms with Crippen LogP contribution in [0.5, 0.6) is 0 Å². The fraction of sp³-hybridized carbons (Fsp3) is 0.368. The molecule has 1 atom stereocenters. The molecule has 148 valence electrons. The Kier molecular flexibility index (Phi) is 6.36. The summed E-state index contributed by atoms with van der Waals surface area (Å²) in [6.45, 7) is 3.11. The maximum absolute atomic E-state index is 14.0. The largest absolute Gasteiger partial charge is 0.339 e. The van der Waals surface area contributed by atoms with Crippen molar-refractivity contribution in [2.75, 3.05) is 28.6 Å². The maximum atomic E-state index is 14.0. The lowest BCUT2D eigenvalue weighted by Crippen LogP contribution is -2.49. The van der Waals surface area contributed by atoms with Gasteiger partial charge in [0.15, 0.2) is 0 Å². The van der Waals surface area contributed by atoms with Crippen LogP contribution in [-0.2, 0) is 4.79 Å². The number of amides is 3. The normalized spacial score (nSPS) is 16.4. The minimum absolute atomic E-state index is 0.00506. The number of benzene rings is 1. The van der Waals surface area contributed by atoms with Gasteiger partial charge in [0.25, 0.3) is 0 Å². The van der Waals surface area contributed by atoms with Crippen LogP contribution in [-0.4, -0.2) is 41.0 Å². The van der Waals surface area contributed by atoms with Crippen LogP contribution >= 0.6 is 0 Å². The Balaban J connectivity index is 1.59. The monoisotopic (exact) mass is 386 g/mol. The summed E-state index contributed by atoms with van der Waals surface area (Å²) in [5.74, 6) is -0.139. The van der Waals surface area contributed by atoms with Crippen LogP contribution in [0.3, 0.4) is 0 Å². The molecule has 1 aromatic heterocycles. The number of piperidine rings is 1. The molecule has 2 aromatic rings. The van der Waals surface area contributed by atoms with E-state index in [1.807, 2.05) is 4.90 Å². The minimum atomic E-state index is -0.576. The third-order valence-electron chi connectivity index (χ3n) is 4.41. The van der Waals surface area contributed by atoms with E-state index in [4.69, 9.17) is 0 Å². The summed E-state index contributed by atoms with van der Waals surface area (Å²) in [6.07, 6.45) is 5.37. The lowest BCUT2D eigenvalue weighted by Gasteiger charge is -2.33. The van der Waals surface area contributed by atoms with E-state index in [1.165, 1.54) is 18.2 Å². The van der Waals surface area contributed by atoms with Crippen molar-refractivity contribution in [2.24, 2.45) is 0 Å². The Morgan fingerprint density at radius 1 is 1.25 bits per heavy atom. The molecular formula is C19H23FN6O2. The Labute approximate surface area is 162 Å². The molecule has 8 nitrogen and oxygen atoms in total. The van der Waals surface area contributed by atoms with Crippen LogP contribution < -0.4 is 20.9 Å². The van der Waals surface area contributed by atoms with Crippen LogP contribution in [0.2, 0.25) is 0 Å². The second-order valence-electron chi connectivity index (χ2n) is 6.53. The quantitative estimate of drug-likeness (QED) is 0.734. The Hall–Kier alpha value is -3.23. The van der Waals surface area contributed by atoms with Crippen molar-refractivity contribution in [1.29, 1.82) is 0 Å². The highest BCUT2D eigenvalue weighted by Crippen LogP contribution is 2.20. The van der Waals surface area contributed by atoms with Crippen LogP contribution in [0, 0.1) is 5.82 Å². The van der Waals surface area contributed by atoms with Gasteiger partial charge in [-0.25, -0.2) is 19.2 Å². The Morgan fingerprint density at radius 3 is 2.79 bits per heavy atom. The average Bonchev–Trinajstić information content (AvgIpc) is 2.71. The summed E-state index contributed by atoms with van der Waals surface area (Å²) in [7, 11) is 0. The first-order valence-corrected chi connectivity index (χ1v) is 9.24. The highest BCUT2D eigenvalue weighted by molar-refractivity contribution is 5.93. The third kappa shape index (κ3) is 5.15. The Morgan fingerprint density at radius 2 is 2.04 bits per heavy atom. The van der Waals surface area contributed by atoms with Crippen molar-refractivity contribution in [1.82, 2.24) is 15.3 Å². The molecule has 1 saturated heterocycles. The number of hydrogen-bond acceptors (Lipinski definition) is 5. The van der Waals surface area contributed by atoms with Crippen LogP contribution in [0.4, 0.5) is 26.5 Å². The van der Waals surface area contributed by atoms with Gasteiger partial charge in [-0.05, 0) is 37.1 Å². The topological polar surface area (TPSA) is 99.2 Å². The zero-order valence-corrected chi connectivity index (χ0v) is 15.6. The number of carbonyl (C=O) groups excluding carboxylic acids is 2. The molecule has 9 heteroatoms. The van der Waals surface area contributed by atoms with Gasteiger partial charge in [-0.1, -0.05) is 6.92 Å². The second-order valence-corrected chi connectivity index (χ2v) is 6.53.